The van der Waals surface area contributed by atoms with E-state index < -0.39 is 0 Å². The number of unbranched alkanes of at least 4 members (excludes halogenated alkanes) is 2. The van der Waals surface area contributed by atoms with Crippen molar-refractivity contribution in [1.82, 2.24) is 9.55 Å². The van der Waals surface area contributed by atoms with E-state index in [1.54, 1.807) is 11.8 Å². The summed E-state index contributed by atoms with van der Waals surface area (Å²) in [6, 6.07) is 19.0. The predicted molar refractivity (Wildman–Crippen MR) is 134 cm³/mol. The van der Waals surface area contributed by atoms with Crippen LogP contribution in [0.3, 0.4) is 0 Å². The zero-order valence-electron chi connectivity index (χ0n) is 19.0. The number of fused-ring (bicyclic) bond motifs is 4. The minimum Gasteiger partial charge on any atom is -0.283 e. The van der Waals surface area contributed by atoms with Crippen LogP contribution in [0.4, 0.5) is 0 Å². The van der Waals surface area contributed by atoms with Gasteiger partial charge in [-0.15, -0.1) is 0 Å². The van der Waals surface area contributed by atoms with Crippen LogP contribution in [0, 0.1) is 0 Å². The third kappa shape index (κ3) is 3.94. The first kappa shape index (κ1) is 21.5. The van der Waals surface area contributed by atoms with Crippen LogP contribution in [-0.2, 0) is 18.4 Å². The summed E-state index contributed by atoms with van der Waals surface area (Å²) in [5.74, 6) is 1.00. The Hall–Kier alpha value is -2.33. The predicted octanol–water partition coefficient (Wildman–Crippen LogP) is 6.61. The Balaban J connectivity index is 1.67. The summed E-state index contributed by atoms with van der Waals surface area (Å²) in [6.45, 7) is 2.82. The molecule has 0 amide bonds. The van der Waals surface area contributed by atoms with Gasteiger partial charge in [0.05, 0.1) is 17.8 Å². The highest BCUT2D eigenvalue weighted by Crippen LogP contribution is 2.50. The first-order chi connectivity index (χ1) is 15.7. The highest BCUT2D eigenvalue weighted by Gasteiger charge is 2.44. The molecule has 2 aromatic carbocycles. The molecule has 0 aliphatic heterocycles. The van der Waals surface area contributed by atoms with Crippen molar-refractivity contribution >= 4 is 11.8 Å². The lowest BCUT2D eigenvalue weighted by atomic mass is 9.68. The van der Waals surface area contributed by atoms with Crippen molar-refractivity contribution in [1.29, 1.82) is 0 Å². The number of benzene rings is 2. The van der Waals surface area contributed by atoms with Crippen molar-refractivity contribution in [2.45, 2.75) is 75.4 Å². The molecule has 0 bridgehead atoms. The zero-order valence-corrected chi connectivity index (χ0v) is 19.8. The van der Waals surface area contributed by atoms with Crippen LogP contribution >= 0.6 is 11.8 Å². The second-order valence-corrected chi connectivity index (χ2v) is 10.4. The van der Waals surface area contributed by atoms with Gasteiger partial charge >= 0.3 is 0 Å². The van der Waals surface area contributed by atoms with E-state index in [0.717, 1.165) is 53.4 Å². The van der Waals surface area contributed by atoms with Crippen LogP contribution in [0.15, 0.2) is 64.5 Å². The highest BCUT2D eigenvalue weighted by atomic mass is 32.2. The van der Waals surface area contributed by atoms with Crippen LogP contribution < -0.4 is 5.56 Å². The number of aromatic nitrogens is 2. The van der Waals surface area contributed by atoms with Crippen molar-refractivity contribution in [2.24, 2.45) is 0 Å². The number of nitrogens with zero attached hydrogens (tertiary/aromatic N) is 2. The quantitative estimate of drug-likeness (QED) is 0.234. The van der Waals surface area contributed by atoms with E-state index in [9.17, 15) is 4.79 Å². The van der Waals surface area contributed by atoms with E-state index in [-0.39, 0.29) is 11.0 Å². The van der Waals surface area contributed by atoms with Crippen molar-refractivity contribution in [2.75, 3.05) is 5.75 Å². The molecule has 2 aliphatic carbocycles. The number of thioether (sulfide) groups is 1. The van der Waals surface area contributed by atoms with E-state index in [2.05, 4.69) is 55.5 Å². The Morgan fingerprint density at radius 2 is 1.75 bits per heavy atom. The molecular formula is C28H32N2OS. The maximum Gasteiger partial charge on any atom is 0.258 e. The molecule has 1 fully saturated rings. The lowest BCUT2D eigenvalue weighted by Gasteiger charge is -2.36. The zero-order chi connectivity index (χ0) is 22.0. The van der Waals surface area contributed by atoms with Crippen LogP contribution in [-0.4, -0.2) is 15.3 Å². The minimum atomic E-state index is -0.0440. The molecule has 0 atom stereocenters. The maximum absolute atomic E-state index is 14.2. The largest absolute Gasteiger partial charge is 0.283 e. The van der Waals surface area contributed by atoms with Crippen molar-refractivity contribution in [3.05, 3.63) is 81.6 Å². The Bertz CT molecular complexity index is 1150. The number of rotatable bonds is 7. The molecule has 1 spiro atoms. The average Bonchev–Trinajstić information content (AvgIpc) is 3.28. The monoisotopic (exact) mass is 444 g/mol. The standard InChI is InChI=1S/C28H32N2OS/c1-2-3-11-18-32-27-29-25-23-15-8-7-14-22(23)19-28(16-9-10-17-28)24(25)26(31)30(27)20-21-12-5-4-6-13-21/h4-8,12-15H,2-3,9-11,16-20H2,1H3. The van der Waals surface area contributed by atoms with E-state index >= 15 is 0 Å². The normalized spacial score (nSPS) is 16.2. The molecule has 0 radical (unpaired) electrons. The molecule has 166 valence electrons. The van der Waals surface area contributed by atoms with Gasteiger partial charge in [0.25, 0.3) is 5.56 Å². The Labute approximate surface area is 195 Å². The highest BCUT2D eigenvalue weighted by molar-refractivity contribution is 7.99. The van der Waals surface area contributed by atoms with E-state index in [4.69, 9.17) is 4.98 Å². The lowest BCUT2D eigenvalue weighted by molar-refractivity contribution is 0.417. The summed E-state index contributed by atoms with van der Waals surface area (Å²) in [5.41, 5.74) is 5.77. The van der Waals surface area contributed by atoms with Gasteiger partial charge in [0.15, 0.2) is 5.16 Å². The van der Waals surface area contributed by atoms with Crippen LogP contribution in [0.1, 0.15) is 68.6 Å². The second kappa shape index (κ2) is 9.27. The van der Waals surface area contributed by atoms with E-state index in [0.29, 0.717) is 6.54 Å². The van der Waals surface area contributed by atoms with E-state index in [1.165, 1.54) is 36.8 Å². The molecule has 2 aliphatic rings. The molecular weight excluding hydrogens is 412 g/mol. The maximum atomic E-state index is 14.2. The van der Waals surface area contributed by atoms with Gasteiger partial charge < -0.3 is 0 Å². The summed E-state index contributed by atoms with van der Waals surface area (Å²) in [7, 11) is 0. The molecule has 3 aromatic rings. The lowest BCUT2D eigenvalue weighted by Crippen LogP contribution is -2.40. The summed E-state index contributed by atoms with van der Waals surface area (Å²) < 4.78 is 1.97. The summed E-state index contributed by atoms with van der Waals surface area (Å²) in [6.07, 6.45) is 9.14. The Morgan fingerprint density at radius 3 is 2.53 bits per heavy atom. The first-order valence-electron chi connectivity index (χ1n) is 12.1. The van der Waals surface area contributed by atoms with Gasteiger partial charge in [-0.3, -0.25) is 9.36 Å². The molecule has 0 unspecified atom stereocenters. The molecule has 3 nitrogen and oxygen atoms in total. The average molecular weight is 445 g/mol. The third-order valence-electron chi connectivity index (χ3n) is 7.19. The molecule has 1 aromatic heterocycles. The topological polar surface area (TPSA) is 34.9 Å². The van der Waals surface area contributed by atoms with Crippen LogP contribution in [0.25, 0.3) is 11.3 Å². The summed E-state index contributed by atoms with van der Waals surface area (Å²) in [4.78, 5) is 19.5. The molecule has 5 rings (SSSR count). The first-order valence-corrected chi connectivity index (χ1v) is 13.1. The molecule has 1 heterocycles. The van der Waals surface area contributed by atoms with Gasteiger partial charge in [-0.1, -0.05) is 99.0 Å². The van der Waals surface area contributed by atoms with E-state index in [1.807, 2.05) is 10.6 Å². The van der Waals surface area contributed by atoms with Crippen LogP contribution in [0.5, 0.6) is 0 Å². The fraction of sp³-hybridized carbons (Fsp3) is 0.429. The van der Waals surface area contributed by atoms with Crippen LogP contribution in [0.2, 0.25) is 0 Å². The van der Waals surface area contributed by atoms with Gasteiger partial charge in [-0.05, 0) is 36.8 Å². The molecule has 0 N–H and O–H groups in total. The second-order valence-electron chi connectivity index (χ2n) is 9.37. The number of hydrogen-bond donors (Lipinski definition) is 0. The Morgan fingerprint density at radius 1 is 1.00 bits per heavy atom. The molecule has 0 saturated heterocycles. The minimum absolute atomic E-state index is 0.0440. The van der Waals surface area contributed by atoms with Gasteiger partial charge in [0.1, 0.15) is 0 Å². The van der Waals surface area contributed by atoms with Gasteiger partial charge in [0, 0.05) is 16.7 Å². The smallest absolute Gasteiger partial charge is 0.258 e. The SMILES string of the molecule is CCCCCSc1nc2c(c(=O)n1Cc1ccccc1)C1(CCCC1)Cc1ccccc1-2. The molecule has 32 heavy (non-hydrogen) atoms. The Kier molecular flexibility index (Phi) is 6.23. The third-order valence-corrected chi connectivity index (χ3v) is 8.25. The van der Waals surface area contributed by atoms with Crippen molar-refractivity contribution in [3.63, 3.8) is 0 Å². The van der Waals surface area contributed by atoms with Gasteiger partial charge in [-0.25, -0.2) is 4.98 Å². The van der Waals surface area contributed by atoms with Crippen molar-refractivity contribution < 1.29 is 0 Å². The van der Waals surface area contributed by atoms with Gasteiger partial charge in [0.2, 0.25) is 0 Å². The van der Waals surface area contributed by atoms with Gasteiger partial charge in [-0.2, -0.15) is 0 Å². The fourth-order valence-corrected chi connectivity index (χ4v) is 6.57. The summed E-state index contributed by atoms with van der Waals surface area (Å²) >= 11 is 1.75. The summed E-state index contributed by atoms with van der Waals surface area (Å²) in [5, 5.41) is 0.874. The molecule has 1 saturated carbocycles. The fourth-order valence-electron chi connectivity index (χ4n) is 5.58. The number of hydrogen-bond acceptors (Lipinski definition) is 3. The molecule has 4 heteroatoms. The van der Waals surface area contributed by atoms with Crippen molar-refractivity contribution in [3.8, 4) is 11.3 Å².